The summed E-state index contributed by atoms with van der Waals surface area (Å²) in [5.74, 6) is -0.899. The van der Waals surface area contributed by atoms with Crippen LogP contribution in [0.3, 0.4) is 0 Å². The maximum Gasteiger partial charge on any atom is 0.322 e. The van der Waals surface area contributed by atoms with E-state index in [0.29, 0.717) is 0 Å². The molecule has 1 aromatic carbocycles. The lowest BCUT2D eigenvalue weighted by molar-refractivity contribution is -0.146. The van der Waals surface area contributed by atoms with Crippen LogP contribution in [-0.4, -0.2) is 25.1 Å². The number of esters is 2. The first-order valence-electron chi connectivity index (χ1n) is 5.66. The van der Waals surface area contributed by atoms with E-state index < -0.39 is 12.0 Å². The molecule has 0 aliphatic rings. The smallest absolute Gasteiger partial charge is 0.322 e. The second kappa shape index (κ2) is 7.45. The average Bonchev–Trinajstić information content (AvgIpc) is 2.42. The number of nitrogens with two attached hydrogens (primary N) is 1. The standard InChI is InChI=1S/C13H17NO4/c1-17-13(16)11(14)7-8-12(15)18-9-10-5-3-2-4-6-10/h2-6,11H,7-9,14H2,1H3/t11-/m0/s1. The normalized spacial score (nSPS) is 11.7. The topological polar surface area (TPSA) is 78.6 Å². The first kappa shape index (κ1) is 14.2. The highest BCUT2D eigenvalue weighted by Gasteiger charge is 2.15. The number of carbonyl (C=O) groups is 2. The maximum atomic E-state index is 11.4. The summed E-state index contributed by atoms with van der Waals surface area (Å²) in [6, 6.07) is 8.59. The Balaban J connectivity index is 2.24. The van der Waals surface area contributed by atoms with Gasteiger partial charge >= 0.3 is 11.9 Å². The molecule has 0 saturated heterocycles. The fraction of sp³-hybridized carbons (Fsp3) is 0.385. The monoisotopic (exact) mass is 251 g/mol. The van der Waals surface area contributed by atoms with Gasteiger partial charge in [0.25, 0.3) is 0 Å². The quantitative estimate of drug-likeness (QED) is 0.763. The van der Waals surface area contributed by atoms with Gasteiger partial charge in [-0.05, 0) is 12.0 Å². The second-order valence-electron chi connectivity index (χ2n) is 3.81. The minimum absolute atomic E-state index is 0.100. The zero-order valence-corrected chi connectivity index (χ0v) is 10.3. The van der Waals surface area contributed by atoms with Gasteiger partial charge in [0.2, 0.25) is 0 Å². The Labute approximate surface area is 106 Å². The van der Waals surface area contributed by atoms with Crippen molar-refractivity contribution >= 4 is 11.9 Å². The van der Waals surface area contributed by atoms with Crippen molar-refractivity contribution in [1.82, 2.24) is 0 Å². The summed E-state index contributed by atoms with van der Waals surface area (Å²) in [5.41, 5.74) is 6.42. The Kier molecular flexibility index (Phi) is 5.87. The number of ether oxygens (including phenoxy) is 2. The molecule has 0 saturated carbocycles. The Morgan fingerprint density at radius 1 is 1.28 bits per heavy atom. The minimum Gasteiger partial charge on any atom is -0.468 e. The molecule has 0 aliphatic carbocycles. The molecule has 98 valence electrons. The third kappa shape index (κ3) is 4.97. The van der Waals surface area contributed by atoms with Gasteiger partial charge in [0, 0.05) is 6.42 Å². The summed E-state index contributed by atoms with van der Waals surface area (Å²) in [7, 11) is 1.26. The van der Waals surface area contributed by atoms with Crippen molar-refractivity contribution in [2.24, 2.45) is 5.73 Å². The number of carbonyl (C=O) groups excluding carboxylic acids is 2. The Morgan fingerprint density at radius 2 is 1.94 bits per heavy atom. The van der Waals surface area contributed by atoms with Crippen molar-refractivity contribution in [1.29, 1.82) is 0 Å². The largest absolute Gasteiger partial charge is 0.468 e. The summed E-state index contributed by atoms with van der Waals surface area (Å²) >= 11 is 0. The van der Waals surface area contributed by atoms with Gasteiger partial charge in [0.1, 0.15) is 12.6 Å². The van der Waals surface area contributed by atoms with E-state index in [4.69, 9.17) is 10.5 Å². The number of benzene rings is 1. The van der Waals surface area contributed by atoms with E-state index in [2.05, 4.69) is 4.74 Å². The van der Waals surface area contributed by atoms with Crippen molar-refractivity contribution in [2.45, 2.75) is 25.5 Å². The van der Waals surface area contributed by atoms with Crippen molar-refractivity contribution < 1.29 is 19.1 Å². The molecular formula is C13H17NO4. The average molecular weight is 251 g/mol. The van der Waals surface area contributed by atoms with Gasteiger partial charge in [0.05, 0.1) is 7.11 Å². The highest BCUT2D eigenvalue weighted by atomic mass is 16.5. The summed E-state index contributed by atoms with van der Waals surface area (Å²) in [6.45, 7) is 0.229. The van der Waals surface area contributed by atoms with E-state index in [-0.39, 0.29) is 25.4 Å². The van der Waals surface area contributed by atoms with Gasteiger partial charge in [-0.25, -0.2) is 0 Å². The Hall–Kier alpha value is -1.88. The van der Waals surface area contributed by atoms with Crippen LogP contribution < -0.4 is 5.73 Å². The molecule has 5 heteroatoms. The lowest BCUT2D eigenvalue weighted by atomic mass is 10.2. The van der Waals surface area contributed by atoms with Crippen LogP contribution in [0, 0.1) is 0 Å². The first-order valence-corrected chi connectivity index (χ1v) is 5.66. The van der Waals surface area contributed by atoms with Crippen LogP contribution >= 0.6 is 0 Å². The van der Waals surface area contributed by atoms with Crippen LogP contribution in [0.15, 0.2) is 30.3 Å². The van der Waals surface area contributed by atoms with Crippen molar-refractivity contribution in [3.63, 3.8) is 0 Å². The fourth-order valence-corrected chi connectivity index (χ4v) is 1.35. The molecule has 0 unspecified atom stereocenters. The Morgan fingerprint density at radius 3 is 2.56 bits per heavy atom. The molecule has 0 radical (unpaired) electrons. The lowest BCUT2D eigenvalue weighted by Gasteiger charge is -2.09. The summed E-state index contributed by atoms with van der Waals surface area (Å²) in [6.07, 6.45) is 0.323. The summed E-state index contributed by atoms with van der Waals surface area (Å²) < 4.78 is 9.50. The van der Waals surface area contributed by atoms with Gasteiger partial charge < -0.3 is 15.2 Å². The highest BCUT2D eigenvalue weighted by molar-refractivity contribution is 5.76. The molecule has 1 atom stereocenters. The molecule has 0 aliphatic heterocycles. The van der Waals surface area contributed by atoms with Gasteiger partial charge in [0.15, 0.2) is 0 Å². The molecule has 2 N–H and O–H groups in total. The fourth-order valence-electron chi connectivity index (χ4n) is 1.35. The molecule has 18 heavy (non-hydrogen) atoms. The third-order valence-corrected chi connectivity index (χ3v) is 2.41. The summed E-state index contributed by atoms with van der Waals surface area (Å²) in [5, 5.41) is 0. The number of rotatable bonds is 6. The lowest BCUT2D eigenvalue weighted by Crippen LogP contribution is -2.32. The van der Waals surface area contributed by atoms with E-state index in [1.165, 1.54) is 7.11 Å². The predicted molar refractivity (Wildman–Crippen MR) is 65.5 cm³/mol. The van der Waals surface area contributed by atoms with E-state index in [9.17, 15) is 9.59 Å². The first-order chi connectivity index (χ1) is 8.63. The molecule has 0 amide bonds. The van der Waals surface area contributed by atoms with Crippen LogP contribution in [0.4, 0.5) is 0 Å². The van der Waals surface area contributed by atoms with Crippen LogP contribution in [0.25, 0.3) is 0 Å². The van der Waals surface area contributed by atoms with Gasteiger partial charge in [-0.1, -0.05) is 30.3 Å². The molecule has 0 fully saturated rings. The zero-order valence-electron chi connectivity index (χ0n) is 10.3. The van der Waals surface area contributed by atoms with Gasteiger partial charge in [-0.3, -0.25) is 9.59 Å². The maximum absolute atomic E-state index is 11.4. The SMILES string of the molecule is COC(=O)[C@@H](N)CCC(=O)OCc1ccccc1. The van der Waals surface area contributed by atoms with Crippen LogP contribution in [-0.2, 0) is 25.7 Å². The van der Waals surface area contributed by atoms with Crippen molar-refractivity contribution in [3.8, 4) is 0 Å². The van der Waals surface area contributed by atoms with E-state index in [1.807, 2.05) is 30.3 Å². The second-order valence-corrected chi connectivity index (χ2v) is 3.81. The van der Waals surface area contributed by atoms with Crippen LogP contribution in [0.2, 0.25) is 0 Å². The number of methoxy groups -OCH3 is 1. The third-order valence-electron chi connectivity index (χ3n) is 2.41. The molecule has 0 heterocycles. The molecule has 0 spiro atoms. The number of hydrogen-bond acceptors (Lipinski definition) is 5. The number of hydrogen-bond donors (Lipinski definition) is 1. The molecule has 1 rings (SSSR count). The zero-order chi connectivity index (χ0) is 13.4. The van der Waals surface area contributed by atoms with Gasteiger partial charge in [-0.2, -0.15) is 0 Å². The van der Waals surface area contributed by atoms with Crippen LogP contribution in [0.5, 0.6) is 0 Å². The minimum atomic E-state index is -0.778. The Bertz CT molecular complexity index is 391. The molecule has 0 bridgehead atoms. The summed E-state index contributed by atoms with van der Waals surface area (Å²) in [4.78, 5) is 22.4. The van der Waals surface area contributed by atoms with E-state index in [0.717, 1.165) is 5.56 Å². The highest BCUT2D eigenvalue weighted by Crippen LogP contribution is 2.04. The van der Waals surface area contributed by atoms with Gasteiger partial charge in [-0.15, -0.1) is 0 Å². The van der Waals surface area contributed by atoms with Crippen molar-refractivity contribution in [3.05, 3.63) is 35.9 Å². The molecule has 1 aromatic rings. The van der Waals surface area contributed by atoms with Crippen molar-refractivity contribution in [2.75, 3.05) is 7.11 Å². The van der Waals surface area contributed by atoms with E-state index in [1.54, 1.807) is 0 Å². The molecular weight excluding hydrogens is 234 g/mol. The van der Waals surface area contributed by atoms with E-state index >= 15 is 0 Å². The molecule has 5 nitrogen and oxygen atoms in total. The predicted octanol–water partition coefficient (Wildman–Crippen LogP) is 1.01. The molecule has 0 aromatic heterocycles. The van der Waals surface area contributed by atoms with Crippen LogP contribution in [0.1, 0.15) is 18.4 Å².